The maximum absolute atomic E-state index is 12.7. The zero-order valence-electron chi connectivity index (χ0n) is 6.87. The van der Waals surface area contributed by atoms with Crippen LogP contribution in [-0.4, -0.2) is 15.2 Å². The van der Waals surface area contributed by atoms with E-state index in [2.05, 4.69) is 15.2 Å². The SMILES string of the molecule is Fc1cccc(Cc2nc[nH]n2)c1. The highest BCUT2D eigenvalue weighted by atomic mass is 19.1. The highest BCUT2D eigenvalue weighted by Crippen LogP contribution is 2.06. The van der Waals surface area contributed by atoms with E-state index in [4.69, 9.17) is 0 Å². The summed E-state index contributed by atoms with van der Waals surface area (Å²) in [5.41, 5.74) is 0.875. The third-order valence-electron chi connectivity index (χ3n) is 1.72. The fourth-order valence-electron chi connectivity index (χ4n) is 1.15. The Hall–Kier alpha value is -1.71. The molecule has 0 amide bonds. The van der Waals surface area contributed by atoms with Crippen molar-refractivity contribution in [3.8, 4) is 0 Å². The monoisotopic (exact) mass is 177 g/mol. The van der Waals surface area contributed by atoms with Crippen LogP contribution in [0.1, 0.15) is 11.4 Å². The Morgan fingerprint density at radius 1 is 1.38 bits per heavy atom. The highest BCUT2D eigenvalue weighted by Gasteiger charge is 1.99. The first kappa shape index (κ1) is 7.91. The van der Waals surface area contributed by atoms with Crippen molar-refractivity contribution in [2.45, 2.75) is 6.42 Å². The summed E-state index contributed by atoms with van der Waals surface area (Å²) in [6, 6.07) is 6.43. The summed E-state index contributed by atoms with van der Waals surface area (Å²) in [6.07, 6.45) is 2.07. The molecule has 0 saturated carbocycles. The Labute approximate surface area is 74.6 Å². The molecule has 0 radical (unpaired) electrons. The zero-order chi connectivity index (χ0) is 9.10. The summed E-state index contributed by atoms with van der Waals surface area (Å²) in [6.45, 7) is 0. The van der Waals surface area contributed by atoms with E-state index in [0.29, 0.717) is 12.2 Å². The van der Waals surface area contributed by atoms with Gasteiger partial charge in [-0.1, -0.05) is 12.1 Å². The summed E-state index contributed by atoms with van der Waals surface area (Å²) in [5, 5.41) is 6.49. The van der Waals surface area contributed by atoms with E-state index in [1.165, 1.54) is 18.5 Å². The maximum atomic E-state index is 12.7. The molecular weight excluding hydrogens is 169 g/mol. The fourth-order valence-corrected chi connectivity index (χ4v) is 1.15. The van der Waals surface area contributed by atoms with Crippen molar-refractivity contribution >= 4 is 0 Å². The molecule has 1 N–H and O–H groups in total. The van der Waals surface area contributed by atoms with Crippen molar-refractivity contribution in [1.82, 2.24) is 15.2 Å². The number of nitrogens with one attached hydrogen (secondary N) is 1. The van der Waals surface area contributed by atoms with Crippen LogP contribution in [0.5, 0.6) is 0 Å². The van der Waals surface area contributed by atoms with Gasteiger partial charge in [-0.3, -0.25) is 5.10 Å². The highest BCUT2D eigenvalue weighted by molar-refractivity contribution is 5.19. The van der Waals surface area contributed by atoms with Gasteiger partial charge < -0.3 is 0 Å². The number of rotatable bonds is 2. The van der Waals surface area contributed by atoms with Gasteiger partial charge in [-0.2, -0.15) is 5.10 Å². The smallest absolute Gasteiger partial charge is 0.154 e. The van der Waals surface area contributed by atoms with Crippen molar-refractivity contribution in [3.63, 3.8) is 0 Å². The molecule has 0 bridgehead atoms. The number of hydrogen-bond acceptors (Lipinski definition) is 2. The molecule has 1 aromatic heterocycles. The average Bonchev–Trinajstić information content (AvgIpc) is 2.57. The molecule has 1 heterocycles. The molecule has 13 heavy (non-hydrogen) atoms. The topological polar surface area (TPSA) is 41.6 Å². The summed E-state index contributed by atoms with van der Waals surface area (Å²) in [5.74, 6) is 0.443. The first-order valence-electron chi connectivity index (χ1n) is 3.94. The minimum atomic E-state index is -0.229. The molecule has 0 unspecified atom stereocenters. The molecule has 1 aromatic carbocycles. The number of H-pyrrole nitrogens is 1. The lowest BCUT2D eigenvalue weighted by molar-refractivity contribution is 0.626. The Morgan fingerprint density at radius 3 is 3.00 bits per heavy atom. The van der Waals surface area contributed by atoms with Gasteiger partial charge in [0.2, 0.25) is 0 Å². The van der Waals surface area contributed by atoms with E-state index in [9.17, 15) is 4.39 Å². The van der Waals surface area contributed by atoms with Gasteiger partial charge in [0, 0.05) is 6.42 Å². The van der Waals surface area contributed by atoms with E-state index in [-0.39, 0.29) is 5.82 Å². The van der Waals surface area contributed by atoms with Crippen LogP contribution in [0, 0.1) is 5.82 Å². The first-order chi connectivity index (χ1) is 6.34. The zero-order valence-corrected chi connectivity index (χ0v) is 6.87. The second-order valence-electron chi connectivity index (χ2n) is 2.72. The molecule has 4 heteroatoms. The lowest BCUT2D eigenvalue weighted by Crippen LogP contribution is -1.91. The minimum Gasteiger partial charge on any atom is -0.266 e. The molecule has 0 fully saturated rings. The largest absolute Gasteiger partial charge is 0.266 e. The van der Waals surface area contributed by atoms with Gasteiger partial charge in [0.25, 0.3) is 0 Å². The van der Waals surface area contributed by atoms with E-state index in [0.717, 1.165) is 5.56 Å². The van der Waals surface area contributed by atoms with Crippen LogP contribution in [-0.2, 0) is 6.42 Å². The third-order valence-corrected chi connectivity index (χ3v) is 1.72. The molecule has 0 aliphatic heterocycles. The van der Waals surface area contributed by atoms with Crippen LogP contribution in [0.2, 0.25) is 0 Å². The van der Waals surface area contributed by atoms with Crippen molar-refractivity contribution in [2.24, 2.45) is 0 Å². The van der Waals surface area contributed by atoms with Gasteiger partial charge in [0.05, 0.1) is 0 Å². The fraction of sp³-hybridized carbons (Fsp3) is 0.111. The van der Waals surface area contributed by atoms with E-state index in [1.807, 2.05) is 6.07 Å². The number of aromatic nitrogens is 3. The molecule has 2 aromatic rings. The predicted molar refractivity (Wildman–Crippen MR) is 45.6 cm³/mol. The Morgan fingerprint density at radius 2 is 2.31 bits per heavy atom. The summed E-state index contributed by atoms with van der Waals surface area (Å²) in [7, 11) is 0. The number of benzene rings is 1. The molecule has 0 saturated heterocycles. The lowest BCUT2D eigenvalue weighted by Gasteiger charge is -1.96. The van der Waals surface area contributed by atoms with Crippen LogP contribution in [0.3, 0.4) is 0 Å². The van der Waals surface area contributed by atoms with Gasteiger partial charge in [-0.15, -0.1) is 0 Å². The Kier molecular flexibility index (Phi) is 2.04. The van der Waals surface area contributed by atoms with Crippen molar-refractivity contribution < 1.29 is 4.39 Å². The first-order valence-corrected chi connectivity index (χ1v) is 3.94. The molecular formula is C9H8FN3. The Balaban J connectivity index is 2.19. The number of hydrogen-bond donors (Lipinski definition) is 1. The number of aromatic amines is 1. The van der Waals surface area contributed by atoms with Gasteiger partial charge in [0.1, 0.15) is 12.1 Å². The van der Waals surface area contributed by atoms with Crippen LogP contribution in [0.25, 0.3) is 0 Å². The second-order valence-corrected chi connectivity index (χ2v) is 2.72. The van der Waals surface area contributed by atoms with Crippen molar-refractivity contribution in [3.05, 3.63) is 47.8 Å². The van der Waals surface area contributed by atoms with Gasteiger partial charge in [-0.25, -0.2) is 9.37 Å². The Bertz CT molecular complexity index is 384. The third kappa shape index (κ3) is 1.90. The van der Waals surface area contributed by atoms with Gasteiger partial charge in [0.15, 0.2) is 5.82 Å². The lowest BCUT2D eigenvalue weighted by atomic mass is 10.1. The molecule has 0 spiro atoms. The summed E-state index contributed by atoms with van der Waals surface area (Å²) < 4.78 is 12.7. The normalized spacial score (nSPS) is 10.2. The maximum Gasteiger partial charge on any atom is 0.154 e. The molecule has 2 rings (SSSR count). The standard InChI is InChI=1S/C9H8FN3/c10-8-3-1-2-7(4-8)5-9-11-6-12-13-9/h1-4,6H,5H2,(H,11,12,13). The number of halogens is 1. The van der Waals surface area contributed by atoms with Crippen LogP contribution in [0.4, 0.5) is 4.39 Å². The quantitative estimate of drug-likeness (QED) is 0.755. The van der Waals surface area contributed by atoms with Crippen LogP contribution >= 0.6 is 0 Å². The van der Waals surface area contributed by atoms with Crippen molar-refractivity contribution in [2.75, 3.05) is 0 Å². The predicted octanol–water partition coefficient (Wildman–Crippen LogP) is 1.53. The molecule has 0 aliphatic rings. The summed E-state index contributed by atoms with van der Waals surface area (Å²) in [4.78, 5) is 3.95. The summed E-state index contributed by atoms with van der Waals surface area (Å²) >= 11 is 0. The van der Waals surface area contributed by atoms with E-state index >= 15 is 0 Å². The van der Waals surface area contributed by atoms with E-state index in [1.54, 1.807) is 6.07 Å². The number of nitrogens with zero attached hydrogens (tertiary/aromatic N) is 2. The molecule has 66 valence electrons. The minimum absolute atomic E-state index is 0.229. The van der Waals surface area contributed by atoms with Crippen molar-refractivity contribution in [1.29, 1.82) is 0 Å². The molecule has 0 atom stereocenters. The molecule has 0 aliphatic carbocycles. The van der Waals surface area contributed by atoms with E-state index < -0.39 is 0 Å². The van der Waals surface area contributed by atoms with Crippen LogP contribution < -0.4 is 0 Å². The average molecular weight is 177 g/mol. The van der Waals surface area contributed by atoms with Gasteiger partial charge >= 0.3 is 0 Å². The van der Waals surface area contributed by atoms with Crippen LogP contribution in [0.15, 0.2) is 30.6 Å². The second kappa shape index (κ2) is 3.35. The van der Waals surface area contributed by atoms with Gasteiger partial charge in [-0.05, 0) is 17.7 Å². The molecule has 3 nitrogen and oxygen atoms in total.